The first kappa shape index (κ1) is 13.7. The lowest BCUT2D eigenvalue weighted by Crippen LogP contribution is -2.22. The number of carboxylic acid groups (broad SMARTS) is 1. The molecule has 2 unspecified atom stereocenters. The van der Waals surface area contributed by atoms with Crippen LogP contribution < -0.4 is 0 Å². The van der Waals surface area contributed by atoms with Crippen molar-refractivity contribution < 1.29 is 24.9 Å². The zero-order valence-electron chi connectivity index (χ0n) is 10.4. The number of benzene rings is 1. The highest BCUT2D eigenvalue weighted by Crippen LogP contribution is 2.25. The van der Waals surface area contributed by atoms with Gasteiger partial charge in [0.2, 0.25) is 0 Å². The second-order valence-electron chi connectivity index (χ2n) is 4.85. The SMILES string of the molecule is O=C(O)CC(O)C(O)c1ccc2c(c1)CCC(=O)C2. The van der Waals surface area contributed by atoms with Gasteiger partial charge in [0.05, 0.1) is 12.5 Å². The Morgan fingerprint density at radius 3 is 2.63 bits per heavy atom. The molecule has 3 N–H and O–H groups in total. The third-order valence-electron chi connectivity index (χ3n) is 3.38. The van der Waals surface area contributed by atoms with Crippen LogP contribution in [0.5, 0.6) is 0 Å². The molecule has 0 spiro atoms. The van der Waals surface area contributed by atoms with E-state index in [2.05, 4.69) is 0 Å². The average Bonchev–Trinajstić information content (AvgIpc) is 2.36. The number of hydrogen-bond donors (Lipinski definition) is 3. The van der Waals surface area contributed by atoms with Gasteiger partial charge in [-0.2, -0.15) is 0 Å². The Bertz CT molecular complexity index is 509. The monoisotopic (exact) mass is 264 g/mol. The molecular weight excluding hydrogens is 248 g/mol. The number of aliphatic carboxylic acids is 1. The number of fused-ring (bicyclic) bond motifs is 1. The zero-order valence-corrected chi connectivity index (χ0v) is 10.4. The Kier molecular flexibility index (Phi) is 3.97. The van der Waals surface area contributed by atoms with Gasteiger partial charge < -0.3 is 15.3 Å². The van der Waals surface area contributed by atoms with Crippen LogP contribution in [0.15, 0.2) is 18.2 Å². The molecule has 5 nitrogen and oxygen atoms in total. The van der Waals surface area contributed by atoms with E-state index in [-0.39, 0.29) is 5.78 Å². The molecule has 2 atom stereocenters. The molecule has 1 aromatic rings. The highest BCUT2D eigenvalue weighted by Gasteiger charge is 2.23. The quantitative estimate of drug-likeness (QED) is 0.740. The van der Waals surface area contributed by atoms with Gasteiger partial charge >= 0.3 is 5.97 Å². The van der Waals surface area contributed by atoms with E-state index in [1.165, 1.54) is 0 Å². The van der Waals surface area contributed by atoms with Gasteiger partial charge in [-0.15, -0.1) is 0 Å². The van der Waals surface area contributed by atoms with Gasteiger partial charge in [-0.05, 0) is 23.1 Å². The second kappa shape index (κ2) is 5.50. The fourth-order valence-electron chi connectivity index (χ4n) is 2.32. The van der Waals surface area contributed by atoms with Gasteiger partial charge in [-0.3, -0.25) is 9.59 Å². The topological polar surface area (TPSA) is 94.8 Å². The molecule has 1 aliphatic carbocycles. The van der Waals surface area contributed by atoms with E-state index in [1.807, 2.05) is 0 Å². The number of ketones is 1. The molecule has 2 rings (SSSR count). The minimum absolute atomic E-state index is 0.201. The highest BCUT2D eigenvalue weighted by molar-refractivity contribution is 5.83. The number of hydrogen-bond acceptors (Lipinski definition) is 4. The Balaban J connectivity index is 2.17. The zero-order chi connectivity index (χ0) is 14.0. The number of carbonyl (C=O) groups is 2. The molecule has 102 valence electrons. The van der Waals surface area contributed by atoms with E-state index in [0.29, 0.717) is 24.8 Å². The molecule has 0 amide bonds. The lowest BCUT2D eigenvalue weighted by atomic mass is 9.88. The molecule has 0 aromatic heterocycles. The summed E-state index contributed by atoms with van der Waals surface area (Å²) in [4.78, 5) is 21.8. The summed E-state index contributed by atoms with van der Waals surface area (Å²) in [5.41, 5.74) is 2.42. The number of aryl methyl sites for hydroxylation is 1. The second-order valence-corrected chi connectivity index (χ2v) is 4.85. The maximum absolute atomic E-state index is 11.3. The molecular formula is C14H16O5. The van der Waals surface area contributed by atoms with Crippen molar-refractivity contribution in [3.8, 4) is 0 Å². The summed E-state index contributed by atoms with van der Waals surface area (Å²) in [5, 5.41) is 28.1. The van der Waals surface area contributed by atoms with Gasteiger partial charge in [0.25, 0.3) is 0 Å². The molecule has 0 saturated heterocycles. The van der Waals surface area contributed by atoms with Gasteiger partial charge in [-0.1, -0.05) is 18.2 Å². The minimum atomic E-state index is -1.33. The number of aliphatic hydroxyl groups is 2. The number of rotatable bonds is 4. The van der Waals surface area contributed by atoms with E-state index in [9.17, 15) is 19.8 Å². The summed E-state index contributed by atoms with van der Waals surface area (Å²) < 4.78 is 0. The van der Waals surface area contributed by atoms with Gasteiger partial charge in [0, 0.05) is 12.8 Å². The van der Waals surface area contributed by atoms with Crippen molar-refractivity contribution in [2.75, 3.05) is 0 Å². The largest absolute Gasteiger partial charge is 0.481 e. The van der Waals surface area contributed by atoms with Crippen LogP contribution >= 0.6 is 0 Å². The standard InChI is InChI=1S/C14H16O5/c15-11-4-3-8-5-10(2-1-9(8)6-11)14(19)12(16)7-13(17)18/h1-2,5,12,14,16,19H,3-4,6-7H2,(H,17,18). The van der Waals surface area contributed by atoms with Gasteiger partial charge in [0.15, 0.2) is 0 Å². The highest BCUT2D eigenvalue weighted by atomic mass is 16.4. The summed E-state index contributed by atoms with van der Waals surface area (Å²) in [6, 6.07) is 5.14. The lowest BCUT2D eigenvalue weighted by molar-refractivity contribution is -0.141. The molecule has 0 heterocycles. The Morgan fingerprint density at radius 2 is 1.95 bits per heavy atom. The van der Waals surface area contributed by atoms with Crippen LogP contribution in [0.1, 0.15) is 35.6 Å². The molecule has 0 bridgehead atoms. The number of aliphatic hydroxyl groups excluding tert-OH is 2. The molecule has 0 radical (unpaired) electrons. The van der Waals surface area contributed by atoms with E-state index in [4.69, 9.17) is 5.11 Å². The van der Waals surface area contributed by atoms with Crippen LogP contribution in [0, 0.1) is 0 Å². The van der Waals surface area contributed by atoms with Crippen LogP contribution in [0.4, 0.5) is 0 Å². The van der Waals surface area contributed by atoms with E-state index in [1.54, 1.807) is 18.2 Å². The van der Waals surface area contributed by atoms with Gasteiger partial charge in [-0.25, -0.2) is 0 Å². The first-order chi connectivity index (χ1) is 8.97. The third-order valence-corrected chi connectivity index (χ3v) is 3.38. The van der Waals surface area contributed by atoms with E-state index >= 15 is 0 Å². The van der Waals surface area contributed by atoms with Crippen LogP contribution in [0.25, 0.3) is 0 Å². The van der Waals surface area contributed by atoms with Crippen LogP contribution in [-0.2, 0) is 22.4 Å². The molecule has 5 heteroatoms. The third kappa shape index (κ3) is 3.19. The van der Waals surface area contributed by atoms with Crippen LogP contribution in [0.2, 0.25) is 0 Å². The van der Waals surface area contributed by atoms with E-state index in [0.717, 1.165) is 11.1 Å². The first-order valence-electron chi connectivity index (χ1n) is 6.18. The average molecular weight is 264 g/mol. The fourth-order valence-corrected chi connectivity index (χ4v) is 2.32. The van der Waals surface area contributed by atoms with Gasteiger partial charge in [0.1, 0.15) is 11.9 Å². The van der Waals surface area contributed by atoms with Crippen molar-refractivity contribution in [2.24, 2.45) is 0 Å². The summed E-state index contributed by atoms with van der Waals surface area (Å²) in [6.45, 7) is 0. The maximum Gasteiger partial charge on any atom is 0.306 e. The predicted octanol–water partition coefficient (Wildman–Crippen LogP) is 0.613. The normalized spacial score (nSPS) is 17.7. The van der Waals surface area contributed by atoms with Crippen molar-refractivity contribution in [3.05, 3.63) is 34.9 Å². The summed E-state index contributed by atoms with van der Waals surface area (Å²) in [5.74, 6) is -0.957. The van der Waals surface area contributed by atoms with E-state index < -0.39 is 24.6 Å². The van der Waals surface area contributed by atoms with Crippen molar-refractivity contribution in [2.45, 2.75) is 37.9 Å². The van der Waals surface area contributed by atoms with Crippen LogP contribution in [0.3, 0.4) is 0 Å². The lowest BCUT2D eigenvalue weighted by Gasteiger charge is -2.20. The summed E-state index contributed by atoms with van der Waals surface area (Å²) in [7, 11) is 0. The number of carboxylic acids is 1. The molecule has 1 aliphatic rings. The fraction of sp³-hybridized carbons (Fsp3) is 0.429. The van der Waals surface area contributed by atoms with Crippen molar-refractivity contribution in [3.63, 3.8) is 0 Å². The van der Waals surface area contributed by atoms with Crippen LogP contribution in [-0.4, -0.2) is 33.2 Å². The van der Waals surface area contributed by atoms with Crippen molar-refractivity contribution in [1.82, 2.24) is 0 Å². The Labute approximate surface area is 110 Å². The molecule has 0 saturated carbocycles. The maximum atomic E-state index is 11.3. The Morgan fingerprint density at radius 1 is 1.21 bits per heavy atom. The molecule has 0 fully saturated rings. The summed E-state index contributed by atoms with van der Waals surface area (Å²) in [6.07, 6.45) is -1.53. The first-order valence-corrected chi connectivity index (χ1v) is 6.18. The minimum Gasteiger partial charge on any atom is -0.481 e. The number of Topliss-reactive ketones (excluding diaryl/α,β-unsaturated/α-hetero) is 1. The molecule has 19 heavy (non-hydrogen) atoms. The molecule has 0 aliphatic heterocycles. The van der Waals surface area contributed by atoms with Crippen molar-refractivity contribution in [1.29, 1.82) is 0 Å². The number of carbonyl (C=O) groups excluding carboxylic acids is 1. The summed E-state index contributed by atoms with van der Waals surface area (Å²) >= 11 is 0. The molecule has 1 aromatic carbocycles. The Hall–Kier alpha value is -1.72. The predicted molar refractivity (Wildman–Crippen MR) is 66.7 cm³/mol. The van der Waals surface area contributed by atoms with Crippen molar-refractivity contribution >= 4 is 11.8 Å². The smallest absolute Gasteiger partial charge is 0.306 e.